The van der Waals surface area contributed by atoms with Crippen molar-refractivity contribution in [2.24, 2.45) is 0 Å². The first kappa shape index (κ1) is 31.4. The lowest BCUT2D eigenvalue weighted by atomic mass is 10.1. The van der Waals surface area contributed by atoms with E-state index in [9.17, 15) is 19.7 Å². The molecule has 0 bridgehead atoms. The second-order valence-corrected chi connectivity index (χ2v) is 12.5. The largest absolute Gasteiger partial charge is 0.453 e. The lowest BCUT2D eigenvalue weighted by Gasteiger charge is -2.18. The minimum absolute atomic E-state index is 0.00349. The summed E-state index contributed by atoms with van der Waals surface area (Å²) in [5.41, 5.74) is 2.11. The molecule has 3 aromatic carbocycles. The van der Waals surface area contributed by atoms with Gasteiger partial charge in [-0.2, -0.15) is 0 Å². The number of carbonyl (C=O) groups is 1. The molecule has 14 heteroatoms. The molecule has 1 amide bonds. The van der Waals surface area contributed by atoms with Crippen LogP contribution in [-0.4, -0.2) is 83.4 Å². The van der Waals surface area contributed by atoms with Crippen LogP contribution in [0.15, 0.2) is 56.2 Å². The summed E-state index contributed by atoms with van der Waals surface area (Å²) in [6.45, 7) is 4.35. The molecule has 1 aliphatic rings. The number of fused-ring (bicyclic) bond motifs is 4. The number of unbranched alkanes of at least 4 members (excludes halogenated alkanes) is 1. The zero-order chi connectivity index (χ0) is 33.5. The third-order valence-corrected chi connectivity index (χ3v) is 8.88. The highest BCUT2D eigenvalue weighted by atomic mass is 19.1. The molecule has 4 heterocycles. The number of nitro benzene ring substituents is 1. The van der Waals surface area contributed by atoms with Crippen LogP contribution >= 0.6 is 0 Å². The molecule has 3 N–H and O–H groups in total. The van der Waals surface area contributed by atoms with Crippen molar-refractivity contribution >= 4 is 67.1 Å². The Morgan fingerprint density at radius 3 is 2.60 bits per heavy atom. The highest BCUT2D eigenvalue weighted by molar-refractivity contribution is 6.06. The van der Waals surface area contributed by atoms with Gasteiger partial charge in [-0.15, -0.1) is 0 Å². The molecule has 13 nitrogen and oxygen atoms in total. The number of non-ortho nitro benzene ring substituents is 1. The summed E-state index contributed by atoms with van der Waals surface area (Å²) in [6.07, 6.45) is 5.38. The molecule has 1 fully saturated rings. The number of nitro groups is 1. The van der Waals surface area contributed by atoms with Crippen LogP contribution in [0.2, 0.25) is 0 Å². The van der Waals surface area contributed by atoms with Crippen LogP contribution in [0, 0.1) is 15.9 Å². The summed E-state index contributed by atoms with van der Waals surface area (Å²) in [7, 11) is 3.99. The molecule has 1 aliphatic heterocycles. The molecule has 0 aliphatic carbocycles. The molecular weight excluding hydrogens is 621 g/mol. The third-order valence-electron chi connectivity index (χ3n) is 8.88. The molecule has 0 radical (unpaired) electrons. The van der Waals surface area contributed by atoms with E-state index in [1.165, 1.54) is 18.3 Å². The normalized spacial score (nSPS) is 13.9. The first-order chi connectivity index (χ1) is 23.2. The lowest BCUT2D eigenvalue weighted by Crippen LogP contribution is -2.35. The number of halogens is 1. The van der Waals surface area contributed by atoms with Crippen molar-refractivity contribution in [1.29, 1.82) is 0 Å². The van der Waals surface area contributed by atoms with Crippen molar-refractivity contribution in [2.45, 2.75) is 25.7 Å². The van der Waals surface area contributed by atoms with Crippen LogP contribution in [0.1, 0.15) is 36.0 Å². The molecule has 0 unspecified atom stereocenters. The highest BCUT2D eigenvalue weighted by Gasteiger charge is 2.24. The van der Waals surface area contributed by atoms with Crippen LogP contribution in [0.4, 0.5) is 15.8 Å². The Kier molecular flexibility index (Phi) is 8.35. The highest BCUT2D eigenvalue weighted by Crippen LogP contribution is 2.35. The molecule has 7 rings (SSSR count). The predicted molar refractivity (Wildman–Crippen MR) is 182 cm³/mol. The number of hydrogen-bond acceptors (Lipinski definition) is 9. The number of benzene rings is 3. The van der Waals surface area contributed by atoms with E-state index in [0.29, 0.717) is 52.9 Å². The Hall–Kier alpha value is -5.21. The van der Waals surface area contributed by atoms with Gasteiger partial charge in [-0.1, -0.05) is 0 Å². The average molecular weight is 658 g/mol. The van der Waals surface area contributed by atoms with Gasteiger partial charge in [-0.3, -0.25) is 19.7 Å². The van der Waals surface area contributed by atoms with Crippen LogP contribution in [0.3, 0.4) is 0 Å². The quantitative estimate of drug-likeness (QED) is 0.0530. The van der Waals surface area contributed by atoms with Crippen molar-refractivity contribution < 1.29 is 22.9 Å². The fourth-order valence-corrected chi connectivity index (χ4v) is 6.42. The van der Waals surface area contributed by atoms with E-state index in [1.807, 2.05) is 14.1 Å². The van der Waals surface area contributed by atoms with E-state index >= 15 is 4.39 Å². The number of aromatic nitrogens is 2. The topological polar surface area (TPSA) is 154 Å². The standard InChI is InChI=1S/C34H36FN7O6/c1-39(2)11-4-3-9-36-30-23(35)16-21-31-33(30)48-29-17-25-28(47-27-15-20(42(45)46)7-8-24(27)38-25)18-26(29)41(31)19-22(32(21)43)34(44)37-10-14-40-12-5-6-13-40/h7-8,15-19,36,38H,3-6,9-14H2,1-2H3,(H,37,44). The summed E-state index contributed by atoms with van der Waals surface area (Å²) in [4.78, 5) is 45.7. The van der Waals surface area contributed by atoms with Crippen molar-refractivity contribution in [3.05, 3.63) is 74.3 Å². The number of carbonyl (C=O) groups excluding carboxylic acids is 1. The second-order valence-electron chi connectivity index (χ2n) is 12.5. The van der Waals surface area contributed by atoms with Crippen molar-refractivity contribution in [1.82, 2.24) is 24.5 Å². The number of amides is 1. The van der Waals surface area contributed by atoms with Gasteiger partial charge in [0, 0.05) is 44.0 Å². The summed E-state index contributed by atoms with van der Waals surface area (Å²) in [5.74, 6) is -1.22. The number of H-pyrrole nitrogens is 1. The zero-order valence-corrected chi connectivity index (χ0v) is 26.7. The Morgan fingerprint density at radius 1 is 1.04 bits per heavy atom. The maximum absolute atomic E-state index is 15.9. The Morgan fingerprint density at radius 2 is 1.83 bits per heavy atom. The molecule has 48 heavy (non-hydrogen) atoms. The number of aromatic amines is 1. The van der Waals surface area contributed by atoms with E-state index in [4.69, 9.17) is 8.83 Å². The lowest BCUT2D eigenvalue weighted by molar-refractivity contribution is -0.384. The number of hydrogen-bond donors (Lipinski definition) is 3. The summed E-state index contributed by atoms with van der Waals surface area (Å²) in [6, 6.07) is 8.76. The minimum Gasteiger partial charge on any atom is -0.453 e. The number of nitrogens with one attached hydrogen (secondary N) is 3. The maximum Gasteiger partial charge on any atom is 0.273 e. The van der Waals surface area contributed by atoms with E-state index in [0.717, 1.165) is 51.4 Å². The number of rotatable bonds is 11. The van der Waals surface area contributed by atoms with Gasteiger partial charge < -0.3 is 38.7 Å². The predicted octanol–water partition coefficient (Wildman–Crippen LogP) is 5.62. The van der Waals surface area contributed by atoms with Crippen LogP contribution in [0.5, 0.6) is 0 Å². The number of likely N-dealkylation sites (tertiary alicyclic amines) is 1. The molecule has 0 atom stereocenters. The van der Waals surface area contributed by atoms with Crippen LogP contribution < -0.4 is 16.1 Å². The van der Waals surface area contributed by atoms with Gasteiger partial charge in [0.05, 0.1) is 32.9 Å². The van der Waals surface area contributed by atoms with Crippen LogP contribution in [-0.2, 0) is 0 Å². The molecule has 0 saturated carbocycles. The summed E-state index contributed by atoms with van der Waals surface area (Å²) in [5, 5.41) is 17.4. The van der Waals surface area contributed by atoms with Gasteiger partial charge in [-0.05, 0) is 71.5 Å². The zero-order valence-electron chi connectivity index (χ0n) is 26.7. The van der Waals surface area contributed by atoms with Gasteiger partial charge in [0.15, 0.2) is 28.1 Å². The van der Waals surface area contributed by atoms with E-state index in [2.05, 4.69) is 25.4 Å². The second kappa shape index (κ2) is 12.8. The van der Waals surface area contributed by atoms with Crippen molar-refractivity contribution in [3.8, 4) is 0 Å². The first-order valence-corrected chi connectivity index (χ1v) is 16.1. The maximum atomic E-state index is 15.9. The molecule has 1 saturated heterocycles. The average Bonchev–Trinajstić information content (AvgIpc) is 3.58. The third kappa shape index (κ3) is 5.88. The van der Waals surface area contributed by atoms with Gasteiger partial charge in [-0.25, -0.2) is 4.39 Å². The minimum atomic E-state index is -0.668. The number of pyridine rings is 1. The number of nitrogens with zero attached hydrogens (tertiary/aromatic N) is 4. The van der Waals surface area contributed by atoms with Gasteiger partial charge >= 0.3 is 0 Å². The fourth-order valence-electron chi connectivity index (χ4n) is 6.42. The van der Waals surface area contributed by atoms with Crippen molar-refractivity contribution in [3.63, 3.8) is 0 Å². The Bertz CT molecular complexity index is 2290. The van der Waals surface area contributed by atoms with E-state index in [1.54, 1.807) is 22.6 Å². The molecule has 6 aromatic rings. The summed E-state index contributed by atoms with van der Waals surface area (Å²) >= 11 is 0. The molecular formula is C34H36FN7O6. The van der Waals surface area contributed by atoms with Gasteiger partial charge in [0.25, 0.3) is 11.6 Å². The van der Waals surface area contributed by atoms with Crippen molar-refractivity contribution in [2.75, 3.05) is 58.7 Å². The Balaban J connectivity index is 1.39. The fraction of sp³-hybridized carbons (Fsp3) is 0.353. The smallest absolute Gasteiger partial charge is 0.273 e. The van der Waals surface area contributed by atoms with E-state index in [-0.39, 0.29) is 33.5 Å². The molecule has 3 aromatic heterocycles. The summed E-state index contributed by atoms with van der Waals surface area (Å²) < 4.78 is 30.0. The van der Waals surface area contributed by atoms with Gasteiger partial charge in [0.2, 0.25) is 5.43 Å². The van der Waals surface area contributed by atoms with E-state index < -0.39 is 22.1 Å². The Labute approximate surface area is 273 Å². The van der Waals surface area contributed by atoms with Gasteiger partial charge in [0.1, 0.15) is 16.8 Å². The molecule has 250 valence electrons. The SMILES string of the molecule is CN(C)CCCCNc1c(F)cc2c(=O)c(C(=O)NCCN3CCCC3)cn3c4cc5oc6cc([N+](=O)[O-])ccc6[nH]c5cc4oc1c23. The monoisotopic (exact) mass is 657 g/mol. The number of anilines is 1. The first-order valence-electron chi connectivity index (χ1n) is 16.1. The molecule has 0 spiro atoms. The van der Waals surface area contributed by atoms with Crippen LogP contribution in [0.25, 0.3) is 49.8 Å².